The van der Waals surface area contributed by atoms with Crippen LogP contribution in [0.25, 0.3) is 10.9 Å². The number of aromatic nitrogens is 1. The van der Waals surface area contributed by atoms with E-state index in [4.69, 9.17) is 5.11 Å². The molecular weight excluding hydrogens is 219 g/mol. The van der Waals surface area contributed by atoms with Crippen molar-refractivity contribution in [3.8, 4) is 0 Å². The summed E-state index contributed by atoms with van der Waals surface area (Å²) in [6.45, 7) is 1.67. The summed E-state index contributed by atoms with van der Waals surface area (Å²) in [4.78, 5) is 6.12. The minimum Gasteiger partial charge on any atom is -0.392 e. The van der Waals surface area contributed by atoms with Gasteiger partial charge in [-0.25, -0.2) is 9.37 Å². The second kappa shape index (κ2) is 4.30. The summed E-state index contributed by atoms with van der Waals surface area (Å²) in [5, 5.41) is 9.83. The first-order chi connectivity index (χ1) is 8.02. The fourth-order valence-corrected chi connectivity index (χ4v) is 1.91. The zero-order valence-corrected chi connectivity index (χ0v) is 10.2. The fourth-order valence-electron chi connectivity index (χ4n) is 1.91. The zero-order chi connectivity index (χ0) is 12.6. The fraction of sp³-hybridized carbons (Fsp3) is 0.308. The van der Waals surface area contributed by atoms with Crippen molar-refractivity contribution in [1.82, 2.24) is 4.98 Å². The average Bonchev–Trinajstić information content (AvgIpc) is 2.28. The van der Waals surface area contributed by atoms with Gasteiger partial charge < -0.3 is 10.0 Å². The Balaban J connectivity index is 2.85. The van der Waals surface area contributed by atoms with Crippen LogP contribution in [0.2, 0.25) is 0 Å². The minimum atomic E-state index is -0.390. The van der Waals surface area contributed by atoms with E-state index >= 15 is 0 Å². The third-order valence-corrected chi connectivity index (χ3v) is 2.70. The maximum Gasteiger partial charge on any atom is 0.149 e. The molecule has 0 aliphatic heterocycles. The summed E-state index contributed by atoms with van der Waals surface area (Å²) in [6, 6.07) is 5.01. The molecular formula is C13H15FN2O. The molecule has 0 aliphatic rings. The van der Waals surface area contributed by atoms with Crippen LogP contribution in [0.15, 0.2) is 18.2 Å². The molecule has 0 spiro atoms. The van der Waals surface area contributed by atoms with Gasteiger partial charge in [-0.1, -0.05) is 0 Å². The Kier molecular flexibility index (Phi) is 2.98. The van der Waals surface area contributed by atoms with E-state index in [1.54, 1.807) is 6.07 Å². The van der Waals surface area contributed by atoms with Gasteiger partial charge in [-0.15, -0.1) is 0 Å². The van der Waals surface area contributed by atoms with E-state index in [0.717, 1.165) is 16.8 Å². The Labute approximate surface area is 99.5 Å². The van der Waals surface area contributed by atoms with E-state index in [1.807, 2.05) is 32.0 Å². The first kappa shape index (κ1) is 11.8. The quantitative estimate of drug-likeness (QED) is 0.865. The number of rotatable bonds is 2. The van der Waals surface area contributed by atoms with Crippen LogP contribution < -0.4 is 4.90 Å². The molecule has 0 amide bonds. The number of aliphatic hydroxyl groups excluding tert-OH is 1. The normalized spacial score (nSPS) is 10.9. The lowest BCUT2D eigenvalue weighted by Crippen LogP contribution is -2.10. The van der Waals surface area contributed by atoms with Crippen LogP contribution in [-0.2, 0) is 6.61 Å². The van der Waals surface area contributed by atoms with E-state index in [0.29, 0.717) is 11.1 Å². The number of hydrogen-bond acceptors (Lipinski definition) is 3. The Morgan fingerprint density at radius 3 is 2.59 bits per heavy atom. The molecule has 0 saturated carbocycles. The molecule has 17 heavy (non-hydrogen) atoms. The largest absolute Gasteiger partial charge is 0.392 e. The van der Waals surface area contributed by atoms with Crippen molar-refractivity contribution in [2.24, 2.45) is 0 Å². The van der Waals surface area contributed by atoms with Crippen LogP contribution >= 0.6 is 0 Å². The van der Waals surface area contributed by atoms with Gasteiger partial charge in [-0.3, -0.25) is 0 Å². The molecule has 2 rings (SSSR count). The number of nitrogens with zero attached hydrogens (tertiary/aromatic N) is 2. The number of pyridine rings is 1. The number of hydrogen-bond donors (Lipinski definition) is 1. The van der Waals surface area contributed by atoms with Gasteiger partial charge in [-0.2, -0.15) is 0 Å². The van der Waals surface area contributed by atoms with Crippen LogP contribution in [-0.4, -0.2) is 24.2 Å². The lowest BCUT2D eigenvalue weighted by Gasteiger charge is -2.16. The Morgan fingerprint density at radius 1 is 1.29 bits per heavy atom. The van der Waals surface area contributed by atoms with E-state index in [-0.39, 0.29) is 6.61 Å². The summed E-state index contributed by atoms with van der Waals surface area (Å²) in [6.07, 6.45) is 0. The predicted octanol–water partition coefficient (Wildman–Crippen LogP) is 2.24. The molecule has 0 unspecified atom stereocenters. The Bertz CT molecular complexity index is 567. The van der Waals surface area contributed by atoms with Crippen molar-refractivity contribution in [1.29, 1.82) is 0 Å². The molecule has 2 aromatic rings. The maximum atomic E-state index is 13.9. The lowest BCUT2D eigenvalue weighted by atomic mass is 10.1. The van der Waals surface area contributed by atoms with Crippen molar-refractivity contribution in [2.45, 2.75) is 13.5 Å². The number of anilines is 1. The zero-order valence-electron chi connectivity index (χ0n) is 10.2. The van der Waals surface area contributed by atoms with Crippen molar-refractivity contribution >= 4 is 16.6 Å². The van der Waals surface area contributed by atoms with E-state index in [9.17, 15) is 4.39 Å². The van der Waals surface area contributed by atoms with Crippen LogP contribution in [0.3, 0.4) is 0 Å². The molecule has 0 atom stereocenters. The first-order valence-electron chi connectivity index (χ1n) is 5.41. The molecule has 90 valence electrons. The van der Waals surface area contributed by atoms with Gasteiger partial charge in [0.15, 0.2) is 0 Å². The van der Waals surface area contributed by atoms with Crippen molar-refractivity contribution < 1.29 is 9.50 Å². The van der Waals surface area contributed by atoms with Gasteiger partial charge in [-0.05, 0) is 30.7 Å². The highest BCUT2D eigenvalue weighted by Crippen LogP contribution is 2.28. The van der Waals surface area contributed by atoms with Crippen molar-refractivity contribution in [2.75, 3.05) is 19.0 Å². The smallest absolute Gasteiger partial charge is 0.149 e. The molecule has 0 aliphatic carbocycles. The minimum absolute atomic E-state index is 0.173. The molecule has 1 aromatic heterocycles. The summed E-state index contributed by atoms with van der Waals surface area (Å²) >= 11 is 0. The number of aliphatic hydroxyl groups is 1. The van der Waals surface area contributed by atoms with Crippen LogP contribution in [0.1, 0.15) is 11.3 Å². The van der Waals surface area contributed by atoms with Crippen molar-refractivity contribution in [3.63, 3.8) is 0 Å². The maximum absolute atomic E-state index is 13.9. The number of benzene rings is 1. The summed E-state index contributed by atoms with van der Waals surface area (Å²) in [5.74, 6) is -0.390. The number of aryl methyl sites for hydroxylation is 1. The van der Waals surface area contributed by atoms with Crippen LogP contribution in [0.5, 0.6) is 0 Å². The third kappa shape index (κ3) is 2.08. The second-order valence-corrected chi connectivity index (χ2v) is 4.31. The molecule has 1 aromatic carbocycles. The molecule has 0 radical (unpaired) electrons. The van der Waals surface area contributed by atoms with Crippen molar-refractivity contribution in [3.05, 3.63) is 35.3 Å². The summed E-state index contributed by atoms with van der Waals surface area (Å²) in [5.41, 5.74) is 2.59. The molecule has 1 heterocycles. The second-order valence-electron chi connectivity index (χ2n) is 4.31. The summed E-state index contributed by atoms with van der Waals surface area (Å²) in [7, 11) is 3.80. The standard InChI is InChI=1S/C13H15FN2O/c1-8-4-12(16(2)3)10-5-9(7-17)6-11(14)13(10)15-8/h4-6,17H,7H2,1-3H3. The molecule has 4 heteroatoms. The molecule has 0 saturated heterocycles. The van der Waals surface area contributed by atoms with E-state index in [2.05, 4.69) is 4.98 Å². The predicted molar refractivity (Wildman–Crippen MR) is 66.7 cm³/mol. The van der Waals surface area contributed by atoms with Gasteiger partial charge >= 0.3 is 0 Å². The topological polar surface area (TPSA) is 36.4 Å². The van der Waals surface area contributed by atoms with Gasteiger partial charge in [0, 0.05) is 30.9 Å². The Morgan fingerprint density at radius 2 is 2.00 bits per heavy atom. The van der Waals surface area contributed by atoms with E-state index < -0.39 is 5.82 Å². The summed E-state index contributed by atoms with van der Waals surface area (Å²) < 4.78 is 13.9. The SMILES string of the molecule is Cc1cc(N(C)C)c2cc(CO)cc(F)c2n1. The van der Waals surface area contributed by atoms with E-state index in [1.165, 1.54) is 6.07 Å². The third-order valence-electron chi connectivity index (χ3n) is 2.70. The molecule has 1 N–H and O–H groups in total. The molecule has 3 nitrogen and oxygen atoms in total. The van der Waals surface area contributed by atoms with Crippen LogP contribution in [0.4, 0.5) is 10.1 Å². The molecule has 0 bridgehead atoms. The van der Waals surface area contributed by atoms with Gasteiger partial charge in [0.25, 0.3) is 0 Å². The highest BCUT2D eigenvalue weighted by Gasteiger charge is 2.11. The molecule has 0 fully saturated rings. The van der Waals surface area contributed by atoms with Gasteiger partial charge in [0.2, 0.25) is 0 Å². The van der Waals surface area contributed by atoms with Gasteiger partial charge in [0.1, 0.15) is 11.3 Å². The number of halogens is 1. The average molecular weight is 234 g/mol. The van der Waals surface area contributed by atoms with Crippen LogP contribution in [0, 0.1) is 12.7 Å². The Hall–Kier alpha value is -1.68. The first-order valence-corrected chi connectivity index (χ1v) is 5.41. The highest BCUT2D eigenvalue weighted by atomic mass is 19.1. The lowest BCUT2D eigenvalue weighted by molar-refractivity contribution is 0.281. The monoisotopic (exact) mass is 234 g/mol. The van der Waals surface area contributed by atoms with Gasteiger partial charge in [0.05, 0.1) is 6.61 Å². The number of fused-ring (bicyclic) bond motifs is 1. The highest BCUT2D eigenvalue weighted by molar-refractivity contribution is 5.92.